The number of alkyl halides is 2. The highest BCUT2D eigenvalue weighted by Gasteiger charge is 2.41. The SMILES string of the molecule is CNC(=O)C(Cl)(Cl)C(=O)Nc1cccc(-c2cc(-c3c(Cl)cccc3Cl)no2)c1. The van der Waals surface area contributed by atoms with Crippen molar-refractivity contribution in [2.75, 3.05) is 12.4 Å². The van der Waals surface area contributed by atoms with E-state index in [0.29, 0.717) is 38.3 Å². The highest BCUT2D eigenvalue weighted by molar-refractivity contribution is 6.68. The van der Waals surface area contributed by atoms with Gasteiger partial charge in [-0.1, -0.05) is 69.8 Å². The number of halogens is 4. The predicted octanol–water partition coefficient (Wildman–Crippen LogP) is 5.17. The van der Waals surface area contributed by atoms with Crippen LogP contribution in [0.3, 0.4) is 0 Å². The van der Waals surface area contributed by atoms with Crippen LogP contribution in [0.25, 0.3) is 22.6 Å². The first-order valence-corrected chi connectivity index (χ1v) is 9.68. The minimum atomic E-state index is -2.27. The lowest BCUT2D eigenvalue weighted by molar-refractivity contribution is -0.127. The molecule has 0 fully saturated rings. The summed E-state index contributed by atoms with van der Waals surface area (Å²) in [7, 11) is 1.32. The summed E-state index contributed by atoms with van der Waals surface area (Å²) >= 11 is 24.1. The van der Waals surface area contributed by atoms with E-state index in [4.69, 9.17) is 50.9 Å². The summed E-state index contributed by atoms with van der Waals surface area (Å²) in [6, 6.07) is 13.5. The van der Waals surface area contributed by atoms with Gasteiger partial charge in [0.15, 0.2) is 5.76 Å². The first kappa shape index (κ1) is 21.5. The van der Waals surface area contributed by atoms with Crippen molar-refractivity contribution in [3.05, 3.63) is 58.6 Å². The third-order valence-electron chi connectivity index (χ3n) is 3.93. The smallest absolute Gasteiger partial charge is 0.273 e. The van der Waals surface area contributed by atoms with E-state index in [1.54, 1.807) is 48.5 Å². The van der Waals surface area contributed by atoms with Gasteiger partial charge >= 0.3 is 0 Å². The minimum Gasteiger partial charge on any atom is -0.356 e. The number of rotatable bonds is 5. The van der Waals surface area contributed by atoms with Crippen LogP contribution < -0.4 is 10.6 Å². The molecule has 0 aliphatic heterocycles. The number of nitrogens with one attached hydrogen (secondary N) is 2. The fourth-order valence-corrected chi connectivity index (χ4v) is 3.37. The van der Waals surface area contributed by atoms with E-state index in [0.717, 1.165) is 0 Å². The first-order chi connectivity index (χ1) is 13.7. The van der Waals surface area contributed by atoms with Gasteiger partial charge in [-0.05, 0) is 24.3 Å². The second-order valence-electron chi connectivity index (χ2n) is 5.86. The fourth-order valence-electron chi connectivity index (χ4n) is 2.49. The Kier molecular flexibility index (Phi) is 6.39. The van der Waals surface area contributed by atoms with Crippen LogP contribution in [0.1, 0.15) is 0 Å². The molecule has 0 aliphatic rings. The Morgan fingerprint density at radius 2 is 1.66 bits per heavy atom. The molecule has 2 amide bonds. The summed E-state index contributed by atoms with van der Waals surface area (Å²) in [5, 5.41) is 9.62. The normalized spacial score (nSPS) is 11.2. The molecule has 0 aliphatic carbocycles. The molecule has 0 unspecified atom stereocenters. The van der Waals surface area contributed by atoms with E-state index in [1.807, 2.05) is 0 Å². The molecule has 0 radical (unpaired) electrons. The van der Waals surface area contributed by atoms with Gasteiger partial charge in [0, 0.05) is 29.9 Å². The largest absolute Gasteiger partial charge is 0.356 e. The van der Waals surface area contributed by atoms with Gasteiger partial charge in [0.25, 0.3) is 16.1 Å². The Balaban J connectivity index is 1.87. The Hall–Kier alpha value is -2.25. The molecule has 1 aromatic heterocycles. The Morgan fingerprint density at radius 1 is 1.00 bits per heavy atom. The van der Waals surface area contributed by atoms with E-state index < -0.39 is 16.1 Å². The monoisotopic (exact) mass is 471 g/mol. The average Bonchev–Trinajstić information content (AvgIpc) is 3.17. The van der Waals surface area contributed by atoms with Crippen molar-refractivity contribution in [2.45, 2.75) is 4.33 Å². The van der Waals surface area contributed by atoms with Crippen molar-refractivity contribution in [1.29, 1.82) is 0 Å². The first-order valence-electron chi connectivity index (χ1n) is 8.17. The highest BCUT2D eigenvalue weighted by Crippen LogP contribution is 2.36. The van der Waals surface area contributed by atoms with Crippen LogP contribution in [-0.2, 0) is 9.59 Å². The molecule has 0 saturated heterocycles. The van der Waals surface area contributed by atoms with Gasteiger partial charge in [0.05, 0.1) is 10.0 Å². The molecule has 3 aromatic rings. The lowest BCUT2D eigenvalue weighted by Crippen LogP contribution is -2.45. The average molecular weight is 473 g/mol. The number of carbonyl (C=O) groups excluding carboxylic acids is 2. The molecule has 0 bridgehead atoms. The number of anilines is 1. The summed E-state index contributed by atoms with van der Waals surface area (Å²) in [6.07, 6.45) is 0. The highest BCUT2D eigenvalue weighted by atomic mass is 35.5. The number of amides is 2. The van der Waals surface area contributed by atoms with E-state index >= 15 is 0 Å². The molecule has 0 saturated carbocycles. The van der Waals surface area contributed by atoms with Crippen LogP contribution in [0.5, 0.6) is 0 Å². The van der Waals surface area contributed by atoms with Crippen molar-refractivity contribution in [3.8, 4) is 22.6 Å². The number of hydrogen-bond donors (Lipinski definition) is 2. The van der Waals surface area contributed by atoms with Gasteiger partial charge in [-0.25, -0.2) is 0 Å². The molecule has 10 heteroatoms. The topological polar surface area (TPSA) is 84.2 Å². The number of carbonyl (C=O) groups is 2. The second kappa shape index (κ2) is 8.63. The van der Waals surface area contributed by atoms with Crippen molar-refractivity contribution in [1.82, 2.24) is 10.5 Å². The van der Waals surface area contributed by atoms with E-state index in [1.165, 1.54) is 7.05 Å². The van der Waals surface area contributed by atoms with Crippen LogP contribution in [0.4, 0.5) is 5.69 Å². The number of nitrogens with zero attached hydrogens (tertiary/aromatic N) is 1. The predicted molar refractivity (Wildman–Crippen MR) is 115 cm³/mol. The Bertz CT molecular complexity index is 1060. The van der Waals surface area contributed by atoms with Gasteiger partial charge in [-0.2, -0.15) is 0 Å². The summed E-state index contributed by atoms with van der Waals surface area (Å²) < 4.78 is 3.13. The number of benzene rings is 2. The molecule has 29 heavy (non-hydrogen) atoms. The Morgan fingerprint density at radius 3 is 2.31 bits per heavy atom. The lowest BCUT2D eigenvalue weighted by Gasteiger charge is -2.17. The van der Waals surface area contributed by atoms with Crippen molar-refractivity contribution in [3.63, 3.8) is 0 Å². The van der Waals surface area contributed by atoms with Gasteiger partial charge < -0.3 is 15.2 Å². The molecule has 3 rings (SSSR count). The molecule has 0 atom stereocenters. The van der Waals surface area contributed by atoms with Crippen molar-refractivity contribution in [2.24, 2.45) is 0 Å². The molecule has 6 nitrogen and oxygen atoms in total. The standard InChI is InChI=1S/C19H13Cl4N3O3/c1-24-17(27)19(22,23)18(28)25-11-5-2-4-10(8-11)15-9-14(26-29-15)16-12(20)6-3-7-13(16)21/h2-9H,1H3,(H,24,27)(H,25,28). The Labute approximate surface area is 186 Å². The summed E-state index contributed by atoms with van der Waals surface area (Å²) in [5.74, 6) is -1.31. The summed E-state index contributed by atoms with van der Waals surface area (Å²) in [5.41, 5.74) is 1.98. The van der Waals surface area contributed by atoms with Crippen molar-refractivity contribution >= 4 is 63.9 Å². The molecular weight excluding hydrogens is 460 g/mol. The lowest BCUT2D eigenvalue weighted by atomic mass is 10.1. The van der Waals surface area contributed by atoms with E-state index in [2.05, 4.69) is 15.8 Å². The van der Waals surface area contributed by atoms with Gasteiger partial charge in [0.1, 0.15) is 5.69 Å². The van der Waals surface area contributed by atoms with Gasteiger partial charge in [0.2, 0.25) is 0 Å². The molecule has 2 aromatic carbocycles. The zero-order chi connectivity index (χ0) is 21.2. The van der Waals surface area contributed by atoms with Crippen LogP contribution in [0, 0.1) is 0 Å². The van der Waals surface area contributed by atoms with Gasteiger partial charge in [-0.15, -0.1) is 0 Å². The summed E-state index contributed by atoms with van der Waals surface area (Å²) in [4.78, 5) is 23.9. The van der Waals surface area contributed by atoms with Gasteiger partial charge in [-0.3, -0.25) is 9.59 Å². The summed E-state index contributed by atoms with van der Waals surface area (Å²) in [6.45, 7) is 0. The van der Waals surface area contributed by atoms with Crippen molar-refractivity contribution < 1.29 is 14.1 Å². The minimum absolute atomic E-state index is 0.357. The third-order valence-corrected chi connectivity index (χ3v) is 5.25. The zero-order valence-electron chi connectivity index (χ0n) is 14.8. The molecule has 150 valence electrons. The zero-order valence-corrected chi connectivity index (χ0v) is 17.8. The maximum absolute atomic E-state index is 12.2. The van der Waals surface area contributed by atoms with Crippen LogP contribution in [0.15, 0.2) is 53.1 Å². The molecule has 2 N–H and O–H groups in total. The second-order valence-corrected chi connectivity index (χ2v) is 8.00. The quantitative estimate of drug-likeness (QED) is 0.396. The maximum Gasteiger partial charge on any atom is 0.273 e. The van der Waals surface area contributed by atoms with E-state index in [9.17, 15) is 9.59 Å². The number of hydrogen-bond acceptors (Lipinski definition) is 4. The molecular formula is C19H13Cl4N3O3. The molecule has 1 heterocycles. The van der Waals surface area contributed by atoms with Crippen LogP contribution >= 0.6 is 46.4 Å². The van der Waals surface area contributed by atoms with E-state index in [-0.39, 0.29) is 0 Å². The maximum atomic E-state index is 12.2. The molecule has 0 spiro atoms. The fraction of sp³-hybridized carbons (Fsp3) is 0.105. The third kappa shape index (κ3) is 4.51. The van der Waals surface area contributed by atoms with Crippen LogP contribution in [0.2, 0.25) is 10.0 Å². The number of aromatic nitrogens is 1. The van der Waals surface area contributed by atoms with Crippen LogP contribution in [-0.4, -0.2) is 28.4 Å².